The fourth-order valence-corrected chi connectivity index (χ4v) is 4.82. The summed E-state index contributed by atoms with van der Waals surface area (Å²) >= 11 is 7.36. The molecule has 0 radical (unpaired) electrons. The highest BCUT2D eigenvalue weighted by molar-refractivity contribution is 8.00. The van der Waals surface area contributed by atoms with E-state index < -0.39 is 0 Å². The molecule has 0 spiro atoms. The van der Waals surface area contributed by atoms with Crippen molar-refractivity contribution in [2.24, 2.45) is 0 Å². The molecule has 0 aliphatic carbocycles. The summed E-state index contributed by atoms with van der Waals surface area (Å²) in [5, 5.41) is 13.0. The summed E-state index contributed by atoms with van der Waals surface area (Å²) in [5.41, 5.74) is 0.728. The van der Waals surface area contributed by atoms with Crippen LogP contribution in [0, 0.1) is 0 Å². The molecule has 1 aromatic carbocycles. The van der Waals surface area contributed by atoms with Gasteiger partial charge in [0.25, 0.3) is 0 Å². The van der Waals surface area contributed by atoms with Gasteiger partial charge in [-0.1, -0.05) is 23.4 Å². The second kappa shape index (κ2) is 10.0. The number of aromatic nitrogens is 3. The van der Waals surface area contributed by atoms with Gasteiger partial charge in [0.05, 0.1) is 17.9 Å². The smallest absolute Gasteiger partial charge is 0.237 e. The van der Waals surface area contributed by atoms with Crippen molar-refractivity contribution in [2.75, 3.05) is 29.9 Å². The van der Waals surface area contributed by atoms with Gasteiger partial charge in [0.1, 0.15) is 0 Å². The minimum atomic E-state index is -0.317. The molecule has 7 nitrogen and oxygen atoms in total. The molecule has 2 aliphatic rings. The van der Waals surface area contributed by atoms with Gasteiger partial charge in [-0.25, -0.2) is 0 Å². The maximum Gasteiger partial charge on any atom is 0.237 e. The van der Waals surface area contributed by atoms with Crippen LogP contribution in [0.25, 0.3) is 0 Å². The van der Waals surface area contributed by atoms with E-state index in [2.05, 4.69) is 25.0 Å². The molecule has 9 heteroatoms. The largest absolute Gasteiger partial charge is 0.376 e. The molecule has 3 heterocycles. The normalized spacial score (nSPS) is 20.3. The maximum atomic E-state index is 12.7. The van der Waals surface area contributed by atoms with Gasteiger partial charge < -0.3 is 15.0 Å². The molecule has 2 aromatic rings. The SMILES string of the molecule is CC(Sc1nnc(N2CCCCC2)n1CC1CCCO1)C(=O)Nc1ccc(Cl)cc1. The van der Waals surface area contributed by atoms with Crippen molar-refractivity contribution in [3.63, 3.8) is 0 Å². The van der Waals surface area contributed by atoms with Crippen LogP contribution in [-0.4, -0.2) is 51.7 Å². The monoisotopic (exact) mass is 449 g/mol. The molecule has 30 heavy (non-hydrogen) atoms. The van der Waals surface area contributed by atoms with Crippen molar-refractivity contribution in [1.82, 2.24) is 14.8 Å². The lowest BCUT2D eigenvalue weighted by Crippen LogP contribution is -2.33. The van der Waals surface area contributed by atoms with E-state index in [9.17, 15) is 4.79 Å². The zero-order valence-electron chi connectivity index (χ0n) is 17.2. The molecule has 2 saturated heterocycles. The van der Waals surface area contributed by atoms with E-state index in [1.165, 1.54) is 31.0 Å². The number of nitrogens with zero attached hydrogens (tertiary/aromatic N) is 4. The molecule has 1 amide bonds. The van der Waals surface area contributed by atoms with Gasteiger partial charge in [-0.05, 0) is 63.3 Å². The molecule has 2 atom stereocenters. The summed E-state index contributed by atoms with van der Waals surface area (Å²) in [6.07, 6.45) is 5.94. The molecule has 2 aliphatic heterocycles. The Hall–Kier alpha value is -1.77. The minimum absolute atomic E-state index is 0.0755. The summed E-state index contributed by atoms with van der Waals surface area (Å²) in [6.45, 7) is 5.43. The minimum Gasteiger partial charge on any atom is -0.376 e. The molecule has 1 aromatic heterocycles. The number of ether oxygens (including phenoxy) is 1. The van der Waals surface area contributed by atoms with Crippen LogP contribution < -0.4 is 10.2 Å². The Balaban J connectivity index is 1.48. The van der Waals surface area contributed by atoms with Gasteiger partial charge in [0.2, 0.25) is 11.9 Å². The number of carbonyl (C=O) groups excluding carboxylic acids is 1. The Kier molecular flexibility index (Phi) is 7.17. The van der Waals surface area contributed by atoms with E-state index in [0.29, 0.717) is 5.02 Å². The number of hydrogen-bond donors (Lipinski definition) is 1. The molecule has 2 unspecified atom stereocenters. The third-order valence-corrected chi connectivity index (χ3v) is 6.84. The number of rotatable bonds is 7. The Labute approximate surface area is 186 Å². The zero-order chi connectivity index (χ0) is 20.9. The van der Waals surface area contributed by atoms with Gasteiger partial charge in [-0.2, -0.15) is 0 Å². The van der Waals surface area contributed by atoms with Crippen molar-refractivity contribution < 1.29 is 9.53 Å². The number of benzene rings is 1. The number of thioether (sulfide) groups is 1. The first-order chi connectivity index (χ1) is 14.6. The number of piperidine rings is 1. The van der Waals surface area contributed by atoms with Crippen LogP contribution in [0.4, 0.5) is 11.6 Å². The first-order valence-electron chi connectivity index (χ1n) is 10.6. The highest BCUT2D eigenvalue weighted by atomic mass is 35.5. The second-order valence-corrected chi connectivity index (χ2v) is 9.58. The predicted molar refractivity (Wildman–Crippen MR) is 120 cm³/mol. The van der Waals surface area contributed by atoms with E-state index in [1.807, 2.05) is 6.92 Å². The van der Waals surface area contributed by atoms with Crippen molar-refractivity contribution in [1.29, 1.82) is 0 Å². The molecular formula is C21H28ClN5O2S. The van der Waals surface area contributed by atoms with E-state index in [4.69, 9.17) is 16.3 Å². The van der Waals surface area contributed by atoms with Crippen molar-refractivity contribution in [3.8, 4) is 0 Å². The quantitative estimate of drug-likeness (QED) is 0.638. The van der Waals surface area contributed by atoms with E-state index in [1.54, 1.807) is 24.3 Å². The highest BCUT2D eigenvalue weighted by Gasteiger charge is 2.26. The fraction of sp³-hybridized carbons (Fsp3) is 0.571. The fourth-order valence-electron chi connectivity index (χ4n) is 3.84. The van der Waals surface area contributed by atoms with Crippen molar-refractivity contribution in [2.45, 2.75) is 62.1 Å². The van der Waals surface area contributed by atoms with Crippen LogP contribution in [0.2, 0.25) is 5.02 Å². The number of nitrogens with one attached hydrogen (secondary N) is 1. The molecule has 4 rings (SSSR count). The van der Waals surface area contributed by atoms with Crippen LogP contribution in [0.15, 0.2) is 29.4 Å². The molecule has 0 saturated carbocycles. The molecule has 162 valence electrons. The predicted octanol–water partition coefficient (Wildman–Crippen LogP) is 4.22. The number of amides is 1. The lowest BCUT2D eigenvalue weighted by Gasteiger charge is -2.28. The first-order valence-corrected chi connectivity index (χ1v) is 11.9. The molecule has 0 bridgehead atoms. The van der Waals surface area contributed by atoms with Crippen molar-refractivity contribution >= 4 is 40.9 Å². The first kappa shape index (κ1) is 21.5. The summed E-state index contributed by atoms with van der Waals surface area (Å²) in [6, 6.07) is 7.12. The number of anilines is 2. The third kappa shape index (κ3) is 5.28. The Morgan fingerprint density at radius 2 is 2.00 bits per heavy atom. The zero-order valence-corrected chi connectivity index (χ0v) is 18.8. The Morgan fingerprint density at radius 3 is 2.70 bits per heavy atom. The lowest BCUT2D eigenvalue weighted by atomic mass is 10.1. The maximum absolute atomic E-state index is 12.7. The highest BCUT2D eigenvalue weighted by Crippen LogP contribution is 2.29. The number of halogens is 1. The topological polar surface area (TPSA) is 72.3 Å². The Bertz CT molecular complexity index is 848. The second-order valence-electron chi connectivity index (χ2n) is 7.83. The molecule has 2 fully saturated rings. The van der Waals surface area contributed by atoms with Crippen LogP contribution in [-0.2, 0) is 16.1 Å². The standard InChI is InChI=1S/C21H28ClN5O2S/c1-15(19(28)23-17-9-7-16(22)8-10-17)30-21-25-24-20(26-11-3-2-4-12-26)27(21)14-18-6-5-13-29-18/h7-10,15,18H,2-6,11-14H2,1H3,(H,23,28). The summed E-state index contributed by atoms with van der Waals surface area (Å²) in [7, 11) is 0. The third-order valence-electron chi connectivity index (χ3n) is 5.51. The van der Waals surface area contributed by atoms with E-state index in [-0.39, 0.29) is 17.3 Å². The van der Waals surface area contributed by atoms with E-state index >= 15 is 0 Å². The number of hydrogen-bond acceptors (Lipinski definition) is 6. The van der Waals surface area contributed by atoms with Gasteiger partial charge in [0, 0.05) is 30.4 Å². The molecule has 1 N–H and O–H groups in total. The average molecular weight is 450 g/mol. The van der Waals surface area contributed by atoms with Gasteiger partial charge >= 0.3 is 0 Å². The van der Waals surface area contributed by atoms with Crippen LogP contribution in [0.1, 0.15) is 39.0 Å². The van der Waals surface area contributed by atoms with Crippen molar-refractivity contribution in [3.05, 3.63) is 29.3 Å². The van der Waals surface area contributed by atoms with Crippen LogP contribution in [0.3, 0.4) is 0 Å². The van der Waals surface area contributed by atoms with Gasteiger partial charge in [0.15, 0.2) is 5.16 Å². The van der Waals surface area contributed by atoms with Crippen LogP contribution >= 0.6 is 23.4 Å². The summed E-state index contributed by atoms with van der Waals surface area (Å²) in [4.78, 5) is 15.0. The van der Waals surface area contributed by atoms with Gasteiger partial charge in [-0.3, -0.25) is 9.36 Å². The average Bonchev–Trinajstić information content (AvgIpc) is 3.41. The van der Waals surface area contributed by atoms with Gasteiger partial charge in [-0.15, -0.1) is 10.2 Å². The summed E-state index contributed by atoms with van der Waals surface area (Å²) < 4.78 is 8.02. The Morgan fingerprint density at radius 1 is 1.23 bits per heavy atom. The molecular weight excluding hydrogens is 422 g/mol. The number of carbonyl (C=O) groups is 1. The summed E-state index contributed by atoms with van der Waals surface area (Å²) in [5.74, 6) is 0.825. The van der Waals surface area contributed by atoms with E-state index in [0.717, 1.165) is 55.9 Å². The van der Waals surface area contributed by atoms with Crippen LogP contribution in [0.5, 0.6) is 0 Å². The lowest BCUT2D eigenvalue weighted by molar-refractivity contribution is -0.115.